The van der Waals surface area contributed by atoms with Crippen molar-refractivity contribution in [3.05, 3.63) is 23.9 Å². The Morgan fingerprint density at radius 3 is 2.75 bits per heavy atom. The number of hydrogen-bond acceptors (Lipinski definition) is 1. The highest BCUT2D eigenvalue weighted by Crippen LogP contribution is 2.20. The molecule has 0 radical (unpaired) electrons. The molecule has 0 aliphatic heterocycles. The van der Waals surface area contributed by atoms with Gasteiger partial charge >= 0.3 is 0 Å². The molecule has 1 N–H and O–H groups in total. The van der Waals surface area contributed by atoms with Gasteiger partial charge in [-0.1, -0.05) is 25.0 Å². The second-order valence-corrected chi connectivity index (χ2v) is 3.78. The second kappa shape index (κ2) is 3.79. The molecule has 2 aliphatic rings. The molecule has 1 nitrogen and oxygen atoms in total. The summed E-state index contributed by atoms with van der Waals surface area (Å²) < 4.78 is 0. The van der Waals surface area contributed by atoms with Gasteiger partial charge in [-0.3, -0.25) is 0 Å². The van der Waals surface area contributed by atoms with Crippen LogP contribution < -0.4 is 5.32 Å². The lowest BCUT2D eigenvalue weighted by Crippen LogP contribution is -2.25. The molecule has 0 aromatic carbocycles. The van der Waals surface area contributed by atoms with E-state index in [0.29, 0.717) is 0 Å². The molecule has 0 amide bonds. The fraction of sp³-hybridized carbons (Fsp3) is 0.636. The lowest BCUT2D eigenvalue weighted by molar-refractivity contribution is 0.567. The van der Waals surface area contributed by atoms with Gasteiger partial charge in [-0.15, -0.1) is 0 Å². The first-order valence-electron chi connectivity index (χ1n) is 5.07. The van der Waals surface area contributed by atoms with E-state index in [-0.39, 0.29) is 0 Å². The van der Waals surface area contributed by atoms with Gasteiger partial charge < -0.3 is 5.32 Å². The van der Waals surface area contributed by atoms with Gasteiger partial charge in [0.1, 0.15) is 0 Å². The summed E-state index contributed by atoms with van der Waals surface area (Å²) in [5.74, 6) is 0. The third kappa shape index (κ3) is 1.90. The van der Waals surface area contributed by atoms with Crippen molar-refractivity contribution < 1.29 is 0 Å². The van der Waals surface area contributed by atoms with Crippen LogP contribution >= 0.6 is 0 Å². The Balaban J connectivity index is 1.84. The minimum atomic E-state index is 0.780. The molecule has 2 aliphatic carbocycles. The van der Waals surface area contributed by atoms with Crippen LogP contribution in [0.1, 0.15) is 38.5 Å². The maximum absolute atomic E-state index is 3.63. The third-order valence-corrected chi connectivity index (χ3v) is 2.76. The van der Waals surface area contributed by atoms with Crippen LogP contribution in [0.5, 0.6) is 0 Å². The zero-order valence-electron chi connectivity index (χ0n) is 7.55. The van der Waals surface area contributed by atoms with Crippen LogP contribution in [0.15, 0.2) is 23.9 Å². The Morgan fingerprint density at radius 2 is 2.08 bits per heavy atom. The molecule has 0 unspecified atom stereocenters. The lowest BCUT2D eigenvalue weighted by atomic mass is 10.1. The third-order valence-electron chi connectivity index (χ3n) is 2.76. The van der Waals surface area contributed by atoms with E-state index in [1.165, 1.54) is 44.2 Å². The predicted molar refractivity (Wildman–Crippen MR) is 51.8 cm³/mol. The molecule has 0 bridgehead atoms. The highest BCUT2D eigenvalue weighted by atomic mass is 14.9. The highest BCUT2D eigenvalue weighted by molar-refractivity contribution is 5.16. The summed E-state index contributed by atoms with van der Waals surface area (Å²) in [6.45, 7) is 0. The van der Waals surface area contributed by atoms with Gasteiger partial charge in [-0.2, -0.15) is 0 Å². The molecule has 1 heteroatoms. The summed E-state index contributed by atoms with van der Waals surface area (Å²) in [7, 11) is 0. The molecule has 1 saturated carbocycles. The van der Waals surface area contributed by atoms with Gasteiger partial charge in [0, 0.05) is 11.7 Å². The van der Waals surface area contributed by atoms with Crippen molar-refractivity contribution in [1.29, 1.82) is 0 Å². The molecular formula is C11H17N. The molecule has 66 valence electrons. The van der Waals surface area contributed by atoms with E-state index in [4.69, 9.17) is 0 Å². The van der Waals surface area contributed by atoms with Crippen molar-refractivity contribution >= 4 is 0 Å². The second-order valence-electron chi connectivity index (χ2n) is 3.78. The summed E-state index contributed by atoms with van der Waals surface area (Å²) in [5.41, 5.74) is 1.45. The van der Waals surface area contributed by atoms with Crippen molar-refractivity contribution in [2.75, 3.05) is 0 Å². The Labute approximate surface area is 74.5 Å². The maximum atomic E-state index is 3.63. The van der Waals surface area contributed by atoms with Crippen molar-refractivity contribution in [1.82, 2.24) is 5.32 Å². The van der Waals surface area contributed by atoms with Gasteiger partial charge in [0.2, 0.25) is 0 Å². The van der Waals surface area contributed by atoms with Crippen LogP contribution in [0.4, 0.5) is 0 Å². The standard InChI is InChI=1S/C11H17N/c1-2-6-10(7-3-1)12-11-8-4-5-9-11/h1-2,6,11-12H,3-5,7-9H2. The number of allylic oxidation sites excluding steroid dienone is 4. The fourth-order valence-corrected chi connectivity index (χ4v) is 2.06. The number of nitrogens with one attached hydrogen (secondary N) is 1. The maximum Gasteiger partial charge on any atom is 0.0258 e. The van der Waals surface area contributed by atoms with Gasteiger partial charge in [-0.05, 0) is 31.8 Å². The Bertz CT molecular complexity index is 197. The van der Waals surface area contributed by atoms with E-state index in [1.54, 1.807) is 0 Å². The van der Waals surface area contributed by atoms with Gasteiger partial charge in [-0.25, -0.2) is 0 Å². The monoisotopic (exact) mass is 163 g/mol. The quantitative estimate of drug-likeness (QED) is 0.660. The summed E-state index contributed by atoms with van der Waals surface area (Å²) in [6.07, 6.45) is 14.6. The number of hydrogen-bond donors (Lipinski definition) is 1. The van der Waals surface area contributed by atoms with Crippen molar-refractivity contribution in [3.8, 4) is 0 Å². The van der Waals surface area contributed by atoms with E-state index in [0.717, 1.165) is 6.04 Å². The van der Waals surface area contributed by atoms with Gasteiger partial charge in [0.25, 0.3) is 0 Å². The molecule has 1 fully saturated rings. The van der Waals surface area contributed by atoms with Crippen LogP contribution in [-0.2, 0) is 0 Å². The first-order chi connectivity index (χ1) is 5.95. The smallest absolute Gasteiger partial charge is 0.0258 e. The van der Waals surface area contributed by atoms with E-state index in [9.17, 15) is 0 Å². The zero-order chi connectivity index (χ0) is 8.23. The molecule has 0 saturated heterocycles. The molecule has 0 aromatic heterocycles. The van der Waals surface area contributed by atoms with Crippen molar-refractivity contribution in [2.24, 2.45) is 0 Å². The minimum absolute atomic E-state index is 0.780. The summed E-state index contributed by atoms with van der Waals surface area (Å²) in [6, 6.07) is 0.780. The summed E-state index contributed by atoms with van der Waals surface area (Å²) >= 11 is 0. The molecule has 0 spiro atoms. The van der Waals surface area contributed by atoms with Crippen LogP contribution in [0.2, 0.25) is 0 Å². The minimum Gasteiger partial charge on any atom is -0.386 e. The molecule has 0 atom stereocenters. The topological polar surface area (TPSA) is 12.0 Å². The van der Waals surface area contributed by atoms with Crippen molar-refractivity contribution in [2.45, 2.75) is 44.6 Å². The van der Waals surface area contributed by atoms with Crippen LogP contribution in [0.3, 0.4) is 0 Å². The molecule has 2 rings (SSSR count). The molecule has 12 heavy (non-hydrogen) atoms. The Morgan fingerprint density at radius 1 is 1.25 bits per heavy atom. The van der Waals surface area contributed by atoms with E-state index < -0.39 is 0 Å². The summed E-state index contributed by atoms with van der Waals surface area (Å²) in [4.78, 5) is 0. The first kappa shape index (κ1) is 7.90. The first-order valence-corrected chi connectivity index (χ1v) is 5.07. The largest absolute Gasteiger partial charge is 0.386 e. The average molecular weight is 163 g/mol. The van der Waals surface area contributed by atoms with Gasteiger partial charge in [0.05, 0.1) is 0 Å². The molecular weight excluding hydrogens is 146 g/mol. The highest BCUT2D eigenvalue weighted by Gasteiger charge is 2.15. The predicted octanol–water partition coefficient (Wildman–Crippen LogP) is 2.75. The normalized spacial score (nSPS) is 24.2. The van der Waals surface area contributed by atoms with Crippen LogP contribution in [0.25, 0.3) is 0 Å². The summed E-state index contributed by atoms with van der Waals surface area (Å²) in [5, 5.41) is 3.63. The van der Waals surface area contributed by atoms with E-state index in [1.807, 2.05) is 0 Å². The van der Waals surface area contributed by atoms with Gasteiger partial charge in [0.15, 0.2) is 0 Å². The molecule has 0 heterocycles. The van der Waals surface area contributed by atoms with E-state index in [2.05, 4.69) is 23.5 Å². The zero-order valence-corrected chi connectivity index (χ0v) is 7.55. The van der Waals surface area contributed by atoms with Crippen molar-refractivity contribution in [3.63, 3.8) is 0 Å². The Kier molecular flexibility index (Phi) is 2.50. The van der Waals surface area contributed by atoms with E-state index >= 15 is 0 Å². The SMILES string of the molecule is C1=CCCC(NC2CCCC2)=C1. The van der Waals surface area contributed by atoms with Crippen LogP contribution in [0, 0.1) is 0 Å². The van der Waals surface area contributed by atoms with Crippen LogP contribution in [-0.4, -0.2) is 6.04 Å². The fourth-order valence-electron chi connectivity index (χ4n) is 2.06. The molecule has 0 aromatic rings. The average Bonchev–Trinajstić information content (AvgIpc) is 2.59. The Hall–Kier alpha value is -0.720. The lowest BCUT2D eigenvalue weighted by Gasteiger charge is -2.17. The number of rotatable bonds is 2.